The lowest BCUT2D eigenvalue weighted by atomic mass is 10.1. The lowest BCUT2D eigenvalue weighted by Crippen LogP contribution is -2.21. The predicted molar refractivity (Wildman–Crippen MR) is 81.4 cm³/mol. The molecule has 1 heterocycles. The average molecular weight is 298 g/mol. The SMILES string of the molecule is CC(=NNC(=O)Cc1ccc([N+](=O)[O-])cc1)c1ccccn1. The van der Waals surface area contributed by atoms with Crippen LogP contribution in [0.25, 0.3) is 0 Å². The third-order valence-corrected chi connectivity index (χ3v) is 2.90. The molecule has 2 rings (SSSR count). The van der Waals surface area contributed by atoms with Crippen molar-refractivity contribution in [3.63, 3.8) is 0 Å². The quantitative estimate of drug-likeness (QED) is 0.519. The number of nitro benzene ring substituents is 1. The van der Waals surface area contributed by atoms with Crippen molar-refractivity contribution in [3.8, 4) is 0 Å². The van der Waals surface area contributed by atoms with Crippen molar-refractivity contribution in [1.82, 2.24) is 10.4 Å². The summed E-state index contributed by atoms with van der Waals surface area (Å²) < 4.78 is 0. The number of aromatic nitrogens is 1. The van der Waals surface area contributed by atoms with Gasteiger partial charge in [0, 0.05) is 18.3 Å². The molecule has 0 fully saturated rings. The van der Waals surface area contributed by atoms with Crippen molar-refractivity contribution < 1.29 is 9.72 Å². The van der Waals surface area contributed by atoms with Crippen LogP contribution in [0.4, 0.5) is 5.69 Å². The normalized spacial score (nSPS) is 11.0. The molecule has 0 spiro atoms. The number of hydrazone groups is 1. The van der Waals surface area contributed by atoms with E-state index >= 15 is 0 Å². The van der Waals surface area contributed by atoms with Crippen LogP contribution in [0.15, 0.2) is 53.8 Å². The lowest BCUT2D eigenvalue weighted by molar-refractivity contribution is -0.384. The van der Waals surface area contributed by atoms with Crippen LogP contribution in [-0.4, -0.2) is 21.5 Å². The number of hydrogen-bond acceptors (Lipinski definition) is 5. The third-order valence-electron chi connectivity index (χ3n) is 2.90. The van der Waals surface area contributed by atoms with Crippen LogP contribution < -0.4 is 5.43 Å². The van der Waals surface area contributed by atoms with Gasteiger partial charge in [-0.1, -0.05) is 18.2 Å². The minimum atomic E-state index is -0.482. The first-order valence-electron chi connectivity index (χ1n) is 6.54. The van der Waals surface area contributed by atoms with Gasteiger partial charge in [0.25, 0.3) is 5.69 Å². The van der Waals surface area contributed by atoms with E-state index in [1.165, 1.54) is 12.1 Å². The van der Waals surface area contributed by atoms with Gasteiger partial charge < -0.3 is 0 Å². The molecular weight excluding hydrogens is 284 g/mol. The molecule has 1 aromatic carbocycles. The summed E-state index contributed by atoms with van der Waals surface area (Å²) in [5.41, 5.74) is 4.38. The molecule has 0 aliphatic rings. The molecule has 0 aliphatic heterocycles. The highest BCUT2D eigenvalue weighted by Crippen LogP contribution is 2.12. The molecule has 112 valence electrons. The number of benzene rings is 1. The number of non-ortho nitro benzene ring substituents is 1. The zero-order chi connectivity index (χ0) is 15.9. The molecule has 0 aliphatic carbocycles. The maximum atomic E-state index is 11.8. The summed E-state index contributed by atoms with van der Waals surface area (Å²) in [7, 11) is 0. The van der Waals surface area contributed by atoms with Crippen LogP contribution in [0.1, 0.15) is 18.2 Å². The molecule has 0 unspecified atom stereocenters. The summed E-state index contributed by atoms with van der Waals surface area (Å²) in [5.74, 6) is -0.302. The number of nitrogens with one attached hydrogen (secondary N) is 1. The number of rotatable bonds is 5. The Kier molecular flexibility index (Phi) is 4.92. The minimum Gasteiger partial charge on any atom is -0.273 e. The molecule has 7 nitrogen and oxygen atoms in total. The summed E-state index contributed by atoms with van der Waals surface area (Å²) in [5, 5.41) is 14.5. The Morgan fingerprint density at radius 3 is 2.59 bits per heavy atom. The Hall–Kier alpha value is -3.09. The summed E-state index contributed by atoms with van der Waals surface area (Å²) >= 11 is 0. The molecule has 0 bridgehead atoms. The van der Waals surface area contributed by atoms with Gasteiger partial charge >= 0.3 is 0 Å². The van der Waals surface area contributed by atoms with Gasteiger partial charge in [-0.2, -0.15) is 5.10 Å². The largest absolute Gasteiger partial charge is 0.273 e. The number of amides is 1. The Morgan fingerprint density at radius 2 is 2.00 bits per heavy atom. The van der Waals surface area contributed by atoms with Crippen LogP contribution in [0.2, 0.25) is 0 Å². The Labute approximate surface area is 126 Å². The second kappa shape index (κ2) is 7.07. The molecule has 1 N–H and O–H groups in total. The average Bonchev–Trinajstić information content (AvgIpc) is 2.54. The van der Waals surface area contributed by atoms with Gasteiger partial charge in [0.15, 0.2) is 0 Å². The molecular formula is C15H14N4O3. The molecule has 0 saturated heterocycles. The zero-order valence-corrected chi connectivity index (χ0v) is 11.9. The van der Waals surface area contributed by atoms with E-state index in [0.29, 0.717) is 17.0 Å². The van der Waals surface area contributed by atoms with Crippen LogP contribution in [0, 0.1) is 10.1 Å². The van der Waals surface area contributed by atoms with Crippen molar-refractivity contribution in [2.24, 2.45) is 5.10 Å². The molecule has 0 radical (unpaired) electrons. The molecule has 2 aromatic rings. The van der Waals surface area contributed by atoms with E-state index in [4.69, 9.17) is 0 Å². The summed E-state index contributed by atoms with van der Waals surface area (Å²) in [6.45, 7) is 1.74. The highest BCUT2D eigenvalue weighted by molar-refractivity contribution is 5.97. The van der Waals surface area contributed by atoms with Gasteiger partial charge in [-0.25, -0.2) is 5.43 Å². The fourth-order valence-corrected chi connectivity index (χ4v) is 1.74. The van der Waals surface area contributed by atoms with Crippen LogP contribution in [-0.2, 0) is 11.2 Å². The zero-order valence-electron chi connectivity index (χ0n) is 11.9. The molecule has 7 heteroatoms. The van der Waals surface area contributed by atoms with E-state index in [2.05, 4.69) is 15.5 Å². The smallest absolute Gasteiger partial charge is 0.269 e. The Bertz CT molecular complexity index is 696. The van der Waals surface area contributed by atoms with E-state index in [-0.39, 0.29) is 18.0 Å². The molecule has 1 amide bonds. The first kappa shape index (κ1) is 15.3. The van der Waals surface area contributed by atoms with E-state index < -0.39 is 4.92 Å². The van der Waals surface area contributed by atoms with Gasteiger partial charge in [0.2, 0.25) is 5.91 Å². The van der Waals surface area contributed by atoms with Gasteiger partial charge in [-0.05, 0) is 24.6 Å². The van der Waals surface area contributed by atoms with E-state index in [1.807, 2.05) is 6.07 Å². The maximum Gasteiger partial charge on any atom is 0.269 e. The fourth-order valence-electron chi connectivity index (χ4n) is 1.74. The Morgan fingerprint density at radius 1 is 1.27 bits per heavy atom. The van der Waals surface area contributed by atoms with Gasteiger partial charge in [-0.15, -0.1) is 0 Å². The van der Waals surface area contributed by atoms with Gasteiger partial charge in [-0.3, -0.25) is 19.9 Å². The summed E-state index contributed by atoms with van der Waals surface area (Å²) in [4.78, 5) is 26.0. The second-order valence-electron chi connectivity index (χ2n) is 4.55. The number of pyridine rings is 1. The predicted octanol–water partition coefficient (Wildman–Crippen LogP) is 2.07. The highest BCUT2D eigenvalue weighted by atomic mass is 16.6. The Balaban J connectivity index is 1.94. The van der Waals surface area contributed by atoms with Crippen molar-refractivity contribution in [3.05, 3.63) is 70.0 Å². The summed E-state index contributed by atoms with van der Waals surface area (Å²) in [6, 6.07) is 11.3. The second-order valence-corrected chi connectivity index (χ2v) is 4.55. The number of nitrogens with zero attached hydrogens (tertiary/aromatic N) is 3. The van der Waals surface area contributed by atoms with E-state index in [0.717, 1.165) is 0 Å². The van der Waals surface area contributed by atoms with Crippen LogP contribution >= 0.6 is 0 Å². The van der Waals surface area contributed by atoms with Crippen LogP contribution in [0.3, 0.4) is 0 Å². The topological polar surface area (TPSA) is 97.5 Å². The van der Waals surface area contributed by atoms with Crippen molar-refractivity contribution in [1.29, 1.82) is 0 Å². The van der Waals surface area contributed by atoms with Crippen molar-refractivity contribution in [2.45, 2.75) is 13.3 Å². The standard InChI is InChI=1S/C15H14N4O3/c1-11(14-4-2-3-9-16-14)17-18-15(20)10-12-5-7-13(8-6-12)19(21)22/h2-9H,10H2,1H3,(H,18,20). The van der Waals surface area contributed by atoms with Gasteiger partial charge in [0.1, 0.15) is 0 Å². The lowest BCUT2D eigenvalue weighted by Gasteiger charge is -2.02. The van der Waals surface area contributed by atoms with Crippen LogP contribution in [0.5, 0.6) is 0 Å². The fraction of sp³-hybridized carbons (Fsp3) is 0.133. The summed E-state index contributed by atoms with van der Waals surface area (Å²) in [6.07, 6.45) is 1.74. The van der Waals surface area contributed by atoms with E-state index in [9.17, 15) is 14.9 Å². The minimum absolute atomic E-state index is 0.00632. The molecule has 0 atom stereocenters. The number of hydrogen-bond donors (Lipinski definition) is 1. The van der Waals surface area contributed by atoms with Gasteiger partial charge in [0.05, 0.1) is 22.7 Å². The first-order chi connectivity index (χ1) is 10.6. The van der Waals surface area contributed by atoms with Crippen molar-refractivity contribution in [2.75, 3.05) is 0 Å². The monoisotopic (exact) mass is 298 g/mol. The highest BCUT2D eigenvalue weighted by Gasteiger charge is 2.07. The number of carbonyl (C=O) groups is 1. The molecule has 22 heavy (non-hydrogen) atoms. The van der Waals surface area contributed by atoms with Crippen molar-refractivity contribution >= 4 is 17.3 Å². The first-order valence-corrected chi connectivity index (χ1v) is 6.54. The molecule has 0 saturated carbocycles. The molecule has 1 aromatic heterocycles. The maximum absolute atomic E-state index is 11.8. The number of nitro groups is 1. The third kappa shape index (κ3) is 4.20. The van der Waals surface area contributed by atoms with E-state index in [1.54, 1.807) is 37.4 Å². The number of carbonyl (C=O) groups excluding carboxylic acids is 1.